The summed E-state index contributed by atoms with van der Waals surface area (Å²) < 4.78 is 0. The van der Waals surface area contributed by atoms with Gasteiger partial charge in [-0.15, -0.1) is 0 Å². The molecule has 0 fully saturated rings. The standard InChI is InChI=1S/Au.3Na.2S/q4*+1;2*-2. The third-order valence-electron chi connectivity index (χ3n) is 0. The first-order valence-corrected chi connectivity index (χ1v) is 0. The third-order valence-corrected chi connectivity index (χ3v) is 0. The molecule has 6 heteroatoms. The van der Waals surface area contributed by atoms with Crippen molar-refractivity contribution in [1.82, 2.24) is 0 Å². The second kappa shape index (κ2) is 34.1. The molecule has 0 saturated heterocycles. The average molecular weight is 330 g/mol. The maximum atomic E-state index is 0. The number of hydrogen-bond acceptors (Lipinski definition) is 0. The van der Waals surface area contributed by atoms with E-state index in [1.807, 2.05) is 0 Å². The van der Waals surface area contributed by atoms with E-state index in [0.717, 1.165) is 0 Å². The van der Waals surface area contributed by atoms with E-state index in [2.05, 4.69) is 0 Å². The minimum atomic E-state index is 0. The van der Waals surface area contributed by atoms with Gasteiger partial charge in [0.1, 0.15) is 0 Å². The van der Waals surface area contributed by atoms with Crippen LogP contribution < -0.4 is 88.7 Å². The maximum Gasteiger partial charge on any atom is 1.00 e. The summed E-state index contributed by atoms with van der Waals surface area (Å²) in [7, 11) is 0. The number of hydrogen-bond donors (Lipinski definition) is 0. The SMILES string of the molecule is [Au+].[Na+].[Na+].[Na+].[S-2].[S-2]. The predicted octanol–water partition coefficient (Wildman–Crippen LogP) is -9.00. The van der Waals surface area contributed by atoms with Gasteiger partial charge in [0.15, 0.2) is 0 Å². The fourth-order valence-corrected chi connectivity index (χ4v) is 0. The summed E-state index contributed by atoms with van der Waals surface area (Å²) in [6, 6.07) is 0. The Morgan fingerprint density at radius 3 is 0.500 bits per heavy atom. The van der Waals surface area contributed by atoms with Crippen LogP contribution in [-0.2, 0) is 49.4 Å². The Hall–Kier alpha value is 4.44. The van der Waals surface area contributed by atoms with Gasteiger partial charge in [-0.3, -0.25) is 0 Å². The smallest absolute Gasteiger partial charge is 1.00 e. The molecule has 0 rings (SSSR count). The molecule has 0 aliphatic heterocycles. The van der Waals surface area contributed by atoms with E-state index in [1.165, 1.54) is 0 Å². The largest absolute Gasteiger partial charge is 2.00 e. The van der Waals surface area contributed by atoms with Crippen LogP contribution in [0.3, 0.4) is 0 Å². The molecular formula is AuNa3S2. The molecule has 0 unspecified atom stereocenters. The van der Waals surface area contributed by atoms with Crippen LogP contribution >= 0.6 is 0 Å². The Morgan fingerprint density at radius 2 is 0.500 bits per heavy atom. The van der Waals surface area contributed by atoms with Crippen molar-refractivity contribution in [2.75, 3.05) is 0 Å². The molecule has 0 aliphatic carbocycles. The summed E-state index contributed by atoms with van der Waals surface area (Å²) in [6.45, 7) is 0. The minimum Gasteiger partial charge on any atom is -2.00 e. The molecule has 0 radical (unpaired) electrons. The van der Waals surface area contributed by atoms with E-state index in [1.54, 1.807) is 0 Å². The second-order valence-corrected chi connectivity index (χ2v) is 0. The molecular weight excluding hydrogens is 330 g/mol. The molecule has 0 heterocycles. The van der Waals surface area contributed by atoms with Crippen molar-refractivity contribution >= 4 is 27.0 Å². The van der Waals surface area contributed by atoms with Crippen molar-refractivity contribution in [3.8, 4) is 0 Å². The van der Waals surface area contributed by atoms with Crippen LogP contribution in [0.1, 0.15) is 0 Å². The zero-order valence-electron chi connectivity index (χ0n) is 4.12. The quantitative estimate of drug-likeness (QED) is 0.387. The molecule has 6 heavy (non-hydrogen) atoms. The van der Waals surface area contributed by atoms with E-state index in [-0.39, 0.29) is 138 Å². The van der Waals surface area contributed by atoms with Crippen molar-refractivity contribution in [3.05, 3.63) is 0 Å². The van der Waals surface area contributed by atoms with E-state index in [9.17, 15) is 0 Å². The first kappa shape index (κ1) is 47.2. The molecule has 0 aromatic heterocycles. The zero-order chi connectivity index (χ0) is 0. The molecule has 0 bridgehead atoms. The van der Waals surface area contributed by atoms with Crippen LogP contribution in [-0.4, -0.2) is 0 Å². The predicted molar refractivity (Wildman–Crippen MR) is 14.7 cm³/mol. The van der Waals surface area contributed by atoms with Crippen LogP contribution in [0.5, 0.6) is 0 Å². The van der Waals surface area contributed by atoms with Crippen LogP contribution in [0.25, 0.3) is 0 Å². The molecule has 0 aromatic rings. The molecule has 0 aliphatic rings. The van der Waals surface area contributed by atoms with Gasteiger partial charge in [0, 0.05) is 0 Å². The topological polar surface area (TPSA) is 0 Å². The average Bonchev–Trinajstić information content (AvgIpc) is 0. The Kier molecular flexibility index (Phi) is 268. The first-order valence-electron chi connectivity index (χ1n) is 0. The fraction of sp³-hybridized carbons (Fsp3) is 0. The van der Waals surface area contributed by atoms with Gasteiger partial charge in [-0.25, -0.2) is 0 Å². The van der Waals surface area contributed by atoms with E-state index < -0.39 is 0 Å². The summed E-state index contributed by atoms with van der Waals surface area (Å²) in [5.41, 5.74) is 0. The normalized spacial score (nSPS) is 0. The van der Waals surface area contributed by atoms with Gasteiger partial charge in [0.2, 0.25) is 0 Å². The van der Waals surface area contributed by atoms with Gasteiger partial charge in [-0.05, 0) is 0 Å². The molecule has 0 amide bonds. The van der Waals surface area contributed by atoms with Gasteiger partial charge in [-0.2, -0.15) is 0 Å². The summed E-state index contributed by atoms with van der Waals surface area (Å²) >= 11 is 0. The molecule has 0 saturated carbocycles. The van der Waals surface area contributed by atoms with Crippen molar-refractivity contribution in [1.29, 1.82) is 0 Å². The summed E-state index contributed by atoms with van der Waals surface area (Å²) in [5, 5.41) is 0. The van der Waals surface area contributed by atoms with Crippen LogP contribution in [0.15, 0.2) is 0 Å². The summed E-state index contributed by atoms with van der Waals surface area (Å²) in [4.78, 5) is 0. The van der Waals surface area contributed by atoms with Crippen LogP contribution in [0, 0.1) is 0 Å². The molecule has 0 spiro atoms. The number of rotatable bonds is 0. The Morgan fingerprint density at radius 1 is 0.500 bits per heavy atom. The van der Waals surface area contributed by atoms with Crippen molar-refractivity contribution < 1.29 is 111 Å². The Bertz CT molecular complexity index is 8.75. The second-order valence-electron chi connectivity index (χ2n) is 0. The zero-order valence-corrected chi connectivity index (χ0v) is 13.9. The third kappa shape index (κ3) is 23.7. The monoisotopic (exact) mass is 330 g/mol. The van der Waals surface area contributed by atoms with Crippen molar-refractivity contribution in [2.24, 2.45) is 0 Å². The minimum absolute atomic E-state index is 0. The van der Waals surface area contributed by atoms with E-state index in [4.69, 9.17) is 0 Å². The Balaban J connectivity index is 0. The molecule has 0 N–H and O–H groups in total. The summed E-state index contributed by atoms with van der Waals surface area (Å²) in [6.07, 6.45) is 0. The van der Waals surface area contributed by atoms with Crippen LogP contribution in [0.2, 0.25) is 0 Å². The molecule has 26 valence electrons. The van der Waals surface area contributed by atoms with Gasteiger partial charge in [0.05, 0.1) is 0 Å². The first-order chi connectivity index (χ1) is 0. The maximum absolute atomic E-state index is 0. The van der Waals surface area contributed by atoms with Crippen molar-refractivity contribution in [3.63, 3.8) is 0 Å². The molecule has 0 aromatic carbocycles. The van der Waals surface area contributed by atoms with E-state index >= 15 is 0 Å². The fourth-order valence-electron chi connectivity index (χ4n) is 0. The molecule has 0 atom stereocenters. The van der Waals surface area contributed by atoms with Gasteiger partial charge in [-0.1, -0.05) is 0 Å². The van der Waals surface area contributed by atoms with Gasteiger partial charge in [0.25, 0.3) is 0 Å². The Labute approximate surface area is 135 Å². The van der Waals surface area contributed by atoms with Crippen LogP contribution in [0.4, 0.5) is 0 Å². The molecule has 0 nitrogen and oxygen atoms in total. The van der Waals surface area contributed by atoms with Crippen molar-refractivity contribution in [2.45, 2.75) is 0 Å². The van der Waals surface area contributed by atoms with Gasteiger partial charge < -0.3 is 27.0 Å². The summed E-state index contributed by atoms with van der Waals surface area (Å²) in [5.74, 6) is 0. The van der Waals surface area contributed by atoms with Gasteiger partial charge >= 0.3 is 111 Å². The van der Waals surface area contributed by atoms with E-state index in [0.29, 0.717) is 0 Å².